The van der Waals surface area contributed by atoms with Gasteiger partial charge in [0.25, 0.3) is 0 Å². The van der Waals surface area contributed by atoms with E-state index in [0.717, 1.165) is 13.2 Å². The van der Waals surface area contributed by atoms with Gasteiger partial charge >= 0.3 is 0 Å². The van der Waals surface area contributed by atoms with Gasteiger partial charge in [0.15, 0.2) is 0 Å². The van der Waals surface area contributed by atoms with Crippen molar-refractivity contribution in [2.24, 2.45) is 0 Å². The molecule has 0 bridgehead atoms. The second-order valence-electron chi connectivity index (χ2n) is 5.81. The first-order valence-electron chi connectivity index (χ1n) is 7.35. The summed E-state index contributed by atoms with van der Waals surface area (Å²) in [5.74, 6) is 0.363. The minimum atomic E-state index is 0.202. The van der Waals surface area contributed by atoms with Gasteiger partial charge in [0.2, 0.25) is 0 Å². The molecule has 1 aliphatic heterocycles. The van der Waals surface area contributed by atoms with Crippen molar-refractivity contribution < 1.29 is 9.47 Å². The second-order valence-corrected chi connectivity index (χ2v) is 5.81. The Morgan fingerprint density at radius 1 is 1.30 bits per heavy atom. The van der Waals surface area contributed by atoms with Crippen molar-refractivity contribution in [3.8, 4) is 0 Å². The average Bonchev–Trinajstić information content (AvgIpc) is 2.79. The maximum Gasteiger partial charge on any atom is 0.0872 e. The number of hydrogen-bond acceptors (Lipinski definition) is 2. The molecule has 2 unspecified atom stereocenters. The Morgan fingerprint density at radius 2 is 2.10 bits per heavy atom. The quantitative estimate of drug-likeness (QED) is 0.852. The Bertz CT molecular complexity index is 629. The summed E-state index contributed by atoms with van der Waals surface area (Å²) in [6.45, 7) is 9.01. The highest BCUT2D eigenvalue weighted by Gasteiger charge is 2.26. The summed E-state index contributed by atoms with van der Waals surface area (Å²) in [6, 6.07) is 6.74. The number of benzene rings is 1. The molecule has 2 atom stereocenters. The van der Waals surface area contributed by atoms with Gasteiger partial charge < -0.3 is 14.0 Å². The minimum absolute atomic E-state index is 0.202. The van der Waals surface area contributed by atoms with Crippen LogP contribution in [0.3, 0.4) is 0 Å². The highest BCUT2D eigenvalue weighted by atomic mass is 16.5. The molecule has 2 aromatic rings. The summed E-state index contributed by atoms with van der Waals surface area (Å²) in [6.07, 6.45) is 0.202. The fourth-order valence-electron chi connectivity index (χ4n) is 3.23. The average molecular weight is 273 g/mol. The Kier molecular flexibility index (Phi) is 3.57. The molecule has 0 saturated heterocycles. The Morgan fingerprint density at radius 3 is 2.85 bits per heavy atom. The third-order valence-electron chi connectivity index (χ3n) is 4.60. The molecule has 3 nitrogen and oxygen atoms in total. The first-order chi connectivity index (χ1) is 9.63. The molecule has 0 fully saturated rings. The molecule has 1 aliphatic rings. The van der Waals surface area contributed by atoms with Gasteiger partial charge in [-0.05, 0) is 31.5 Å². The maximum atomic E-state index is 5.70. The molecular weight excluding hydrogens is 250 g/mol. The van der Waals surface area contributed by atoms with Crippen LogP contribution in [0.2, 0.25) is 0 Å². The lowest BCUT2D eigenvalue weighted by molar-refractivity contribution is 0.0800. The molecule has 0 amide bonds. The van der Waals surface area contributed by atoms with Crippen LogP contribution in [-0.4, -0.2) is 24.4 Å². The van der Waals surface area contributed by atoms with E-state index in [2.05, 4.69) is 43.5 Å². The molecule has 20 heavy (non-hydrogen) atoms. The molecule has 108 valence electrons. The Hall–Kier alpha value is -1.32. The van der Waals surface area contributed by atoms with E-state index >= 15 is 0 Å². The predicted molar refractivity (Wildman–Crippen MR) is 81.2 cm³/mol. The van der Waals surface area contributed by atoms with E-state index in [4.69, 9.17) is 9.47 Å². The van der Waals surface area contributed by atoms with Gasteiger partial charge in [0.1, 0.15) is 0 Å². The van der Waals surface area contributed by atoms with Crippen molar-refractivity contribution in [2.75, 3.05) is 13.7 Å². The smallest absolute Gasteiger partial charge is 0.0872 e. The molecule has 2 heterocycles. The van der Waals surface area contributed by atoms with Crippen LogP contribution in [0.4, 0.5) is 0 Å². The van der Waals surface area contributed by atoms with E-state index < -0.39 is 0 Å². The number of fused-ring (bicyclic) bond motifs is 3. The number of rotatable bonds is 3. The largest absolute Gasteiger partial charge is 0.381 e. The monoisotopic (exact) mass is 273 g/mol. The topological polar surface area (TPSA) is 23.4 Å². The normalized spacial score (nSPS) is 18.0. The fraction of sp³-hybridized carbons (Fsp3) is 0.529. The molecule has 0 radical (unpaired) electrons. The van der Waals surface area contributed by atoms with E-state index in [1.54, 1.807) is 7.11 Å². The summed E-state index contributed by atoms with van der Waals surface area (Å²) in [5, 5.41) is 1.36. The van der Waals surface area contributed by atoms with Crippen LogP contribution in [0.15, 0.2) is 18.2 Å². The number of aryl methyl sites for hydroxylation is 1. The van der Waals surface area contributed by atoms with Gasteiger partial charge in [-0.25, -0.2) is 0 Å². The van der Waals surface area contributed by atoms with Crippen LogP contribution in [0, 0.1) is 6.92 Å². The van der Waals surface area contributed by atoms with Gasteiger partial charge in [0.05, 0.1) is 19.3 Å². The van der Waals surface area contributed by atoms with E-state index in [9.17, 15) is 0 Å². The molecule has 0 N–H and O–H groups in total. The van der Waals surface area contributed by atoms with Crippen molar-refractivity contribution in [2.45, 2.75) is 45.9 Å². The van der Waals surface area contributed by atoms with Crippen LogP contribution in [0.1, 0.15) is 36.6 Å². The van der Waals surface area contributed by atoms with Crippen LogP contribution >= 0.6 is 0 Å². The molecule has 3 heteroatoms. The lowest BCUT2D eigenvalue weighted by atomic mass is 9.92. The van der Waals surface area contributed by atoms with Crippen molar-refractivity contribution >= 4 is 10.9 Å². The third kappa shape index (κ3) is 2.05. The van der Waals surface area contributed by atoms with Gasteiger partial charge in [-0.1, -0.05) is 18.6 Å². The van der Waals surface area contributed by atoms with Crippen molar-refractivity contribution in [1.82, 2.24) is 4.57 Å². The van der Waals surface area contributed by atoms with Crippen molar-refractivity contribution in [3.63, 3.8) is 0 Å². The number of ether oxygens (including phenoxy) is 2. The lowest BCUT2D eigenvalue weighted by Crippen LogP contribution is -2.20. The molecular formula is C17H23NO2. The maximum absolute atomic E-state index is 5.70. The molecule has 0 saturated carbocycles. The summed E-state index contributed by atoms with van der Waals surface area (Å²) < 4.78 is 13.7. The third-order valence-corrected chi connectivity index (χ3v) is 4.60. The Labute approximate surface area is 120 Å². The predicted octanol–water partition coefficient (Wildman–Crippen LogP) is 3.62. The number of hydrogen-bond donors (Lipinski definition) is 0. The first kappa shape index (κ1) is 13.7. The van der Waals surface area contributed by atoms with Crippen molar-refractivity contribution in [3.05, 3.63) is 35.0 Å². The zero-order valence-electron chi connectivity index (χ0n) is 12.8. The summed E-state index contributed by atoms with van der Waals surface area (Å²) >= 11 is 0. The molecule has 0 spiro atoms. The summed E-state index contributed by atoms with van der Waals surface area (Å²) in [5.41, 5.74) is 5.37. The number of nitrogens with zero attached hydrogens (tertiary/aromatic N) is 1. The minimum Gasteiger partial charge on any atom is -0.381 e. The van der Waals surface area contributed by atoms with E-state index in [1.165, 1.54) is 27.7 Å². The van der Waals surface area contributed by atoms with Crippen LogP contribution < -0.4 is 0 Å². The summed E-state index contributed by atoms with van der Waals surface area (Å²) in [4.78, 5) is 0. The van der Waals surface area contributed by atoms with Gasteiger partial charge in [-0.15, -0.1) is 0 Å². The van der Waals surface area contributed by atoms with Crippen LogP contribution in [0.25, 0.3) is 10.9 Å². The van der Waals surface area contributed by atoms with Gasteiger partial charge in [-0.2, -0.15) is 0 Å². The van der Waals surface area contributed by atoms with E-state index in [-0.39, 0.29) is 6.10 Å². The van der Waals surface area contributed by atoms with Crippen LogP contribution in [0.5, 0.6) is 0 Å². The van der Waals surface area contributed by atoms with Crippen molar-refractivity contribution in [1.29, 1.82) is 0 Å². The zero-order valence-corrected chi connectivity index (χ0v) is 12.8. The second kappa shape index (κ2) is 5.23. The fourth-order valence-corrected chi connectivity index (χ4v) is 3.23. The molecule has 0 aliphatic carbocycles. The van der Waals surface area contributed by atoms with Gasteiger partial charge in [-0.3, -0.25) is 0 Å². The lowest BCUT2D eigenvalue weighted by Gasteiger charge is -2.23. The number of aromatic nitrogens is 1. The van der Waals surface area contributed by atoms with Gasteiger partial charge in [0, 0.05) is 36.2 Å². The van der Waals surface area contributed by atoms with Crippen LogP contribution in [-0.2, 0) is 22.6 Å². The highest BCUT2D eigenvalue weighted by molar-refractivity contribution is 5.87. The number of methoxy groups -OCH3 is 1. The molecule has 1 aromatic heterocycles. The highest BCUT2D eigenvalue weighted by Crippen LogP contribution is 2.36. The zero-order chi connectivity index (χ0) is 14.3. The molecule has 3 rings (SSSR count). The SMILES string of the molecule is COC(C)C(C)c1c2n(c3ccc(C)cc13)CCOC2. The summed E-state index contributed by atoms with van der Waals surface area (Å²) in [7, 11) is 1.79. The molecule has 1 aromatic carbocycles. The van der Waals surface area contributed by atoms with E-state index in [0.29, 0.717) is 12.5 Å². The first-order valence-corrected chi connectivity index (χ1v) is 7.35. The Balaban J connectivity index is 2.25. The standard InChI is InChI=1S/C17H23NO2/c1-11-5-6-15-14(9-11)17(12(2)13(3)19-4)16-10-20-8-7-18(15)16/h5-6,9,12-13H,7-8,10H2,1-4H3. The van der Waals surface area contributed by atoms with E-state index in [1.807, 2.05) is 0 Å².